The number of anilines is 1. The molecule has 0 radical (unpaired) electrons. The molecule has 0 N–H and O–H groups in total. The van der Waals surface area contributed by atoms with E-state index in [9.17, 15) is 14.0 Å². The predicted octanol–water partition coefficient (Wildman–Crippen LogP) is 3.38. The number of fused-ring (bicyclic) bond motifs is 1. The molecular formula is C13H7BrFNO2S. The van der Waals surface area contributed by atoms with Crippen LogP contribution in [0.1, 0.15) is 15.2 Å². The molecule has 19 heavy (non-hydrogen) atoms. The number of nitrogens with zero attached hydrogens (tertiary/aromatic N) is 1. The minimum Gasteiger partial charge on any atom is -0.300 e. The molecule has 3 nitrogen and oxygen atoms in total. The first-order chi connectivity index (χ1) is 9.06. The van der Waals surface area contributed by atoms with Crippen LogP contribution >= 0.6 is 27.3 Å². The number of carbonyl (C=O) groups is 2. The summed E-state index contributed by atoms with van der Waals surface area (Å²) < 4.78 is 14.1. The highest BCUT2D eigenvalue weighted by Gasteiger charge is 2.36. The van der Waals surface area contributed by atoms with Crippen LogP contribution in [0, 0.1) is 5.82 Å². The standard InChI is InChI=1S/C13H7BrFNO2S/c14-7-3-9(19-6-7)5-16-11-2-1-8(15)4-10(11)12(17)13(16)18/h1-4,6H,5H2. The van der Waals surface area contributed by atoms with Crippen LogP contribution in [0.25, 0.3) is 0 Å². The second-order valence-electron chi connectivity index (χ2n) is 4.11. The van der Waals surface area contributed by atoms with E-state index in [2.05, 4.69) is 15.9 Å². The number of benzene rings is 1. The number of amides is 1. The van der Waals surface area contributed by atoms with Gasteiger partial charge in [0.15, 0.2) is 0 Å². The van der Waals surface area contributed by atoms with Crippen LogP contribution in [0.4, 0.5) is 10.1 Å². The third-order valence-corrected chi connectivity index (χ3v) is 4.55. The quantitative estimate of drug-likeness (QED) is 0.786. The van der Waals surface area contributed by atoms with Gasteiger partial charge in [-0.3, -0.25) is 14.5 Å². The minimum atomic E-state index is -0.648. The van der Waals surface area contributed by atoms with E-state index in [1.807, 2.05) is 11.4 Å². The summed E-state index contributed by atoms with van der Waals surface area (Å²) in [6.07, 6.45) is 0. The van der Waals surface area contributed by atoms with Gasteiger partial charge < -0.3 is 0 Å². The van der Waals surface area contributed by atoms with Crippen molar-refractivity contribution >= 4 is 44.6 Å². The van der Waals surface area contributed by atoms with Gasteiger partial charge in [-0.25, -0.2) is 4.39 Å². The summed E-state index contributed by atoms with van der Waals surface area (Å²) in [4.78, 5) is 26.1. The highest BCUT2D eigenvalue weighted by Crippen LogP contribution is 2.32. The smallest absolute Gasteiger partial charge is 0.299 e. The zero-order valence-electron chi connectivity index (χ0n) is 9.52. The molecule has 2 heterocycles. The van der Waals surface area contributed by atoms with E-state index in [1.54, 1.807) is 0 Å². The Morgan fingerprint density at radius 1 is 1.26 bits per heavy atom. The molecule has 1 aliphatic rings. The molecule has 1 amide bonds. The maximum atomic E-state index is 13.1. The predicted molar refractivity (Wildman–Crippen MR) is 73.9 cm³/mol. The van der Waals surface area contributed by atoms with Crippen molar-refractivity contribution in [1.29, 1.82) is 0 Å². The number of rotatable bonds is 2. The van der Waals surface area contributed by atoms with Gasteiger partial charge in [0, 0.05) is 14.7 Å². The summed E-state index contributed by atoms with van der Waals surface area (Å²) in [7, 11) is 0. The average molecular weight is 340 g/mol. The van der Waals surface area contributed by atoms with Crippen molar-refractivity contribution < 1.29 is 14.0 Å². The van der Waals surface area contributed by atoms with Crippen molar-refractivity contribution in [3.05, 3.63) is 50.4 Å². The molecular weight excluding hydrogens is 333 g/mol. The Hall–Kier alpha value is -1.53. The van der Waals surface area contributed by atoms with Gasteiger partial charge in [-0.05, 0) is 40.2 Å². The van der Waals surface area contributed by atoms with Crippen molar-refractivity contribution in [2.75, 3.05) is 4.90 Å². The largest absolute Gasteiger partial charge is 0.300 e. The van der Waals surface area contributed by atoms with E-state index in [1.165, 1.54) is 28.4 Å². The molecule has 0 saturated heterocycles. The lowest BCUT2D eigenvalue weighted by atomic mass is 10.1. The van der Waals surface area contributed by atoms with E-state index < -0.39 is 17.5 Å². The zero-order chi connectivity index (χ0) is 13.6. The van der Waals surface area contributed by atoms with Gasteiger partial charge in [0.1, 0.15) is 5.82 Å². The van der Waals surface area contributed by atoms with Gasteiger partial charge in [0.05, 0.1) is 17.8 Å². The van der Waals surface area contributed by atoms with Gasteiger partial charge in [-0.1, -0.05) is 0 Å². The molecule has 1 aromatic heterocycles. The van der Waals surface area contributed by atoms with Crippen LogP contribution in [0.5, 0.6) is 0 Å². The maximum absolute atomic E-state index is 13.1. The number of hydrogen-bond acceptors (Lipinski definition) is 3. The summed E-state index contributed by atoms with van der Waals surface area (Å²) in [5.74, 6) is -1.77. The molecule has 1 aromatic carbocycles. The number of thiophene rings is 1. The van der Waals surface area contributed by atoms with Crippen molar-refractivity contribution in [2.45, 2.75) is 6.54 Å². The van der Waals surface area contributed by atoms with Gasteiger partial charge in [0.25, 0.3) is 11.7 Å². The normalized spacial score (nSPS) is 14.1. The molecule has 96 valence electrons. The molecule has 3 rings (SSSR count). The molecule has 0 bridgehead atoms. The first-order valence-corrected chi connectivity index (χ1v) is 7.12. The van der Waals surface area contributed by atoms with Crippen molar-refractivity contribution in [2.24, 2.45) is 0 Å². The number of hydrogen-bond donors (Lipinski definition) is 0. The Morgan fingerprint density at radius 2 is 2.05 bits per heavy atom. The lowest BCUT2D eigenvalue weighted by molar-refractivity contribution is -0.114. The highest BCUT2D eigenvalue weighted by atomic mass is 79.9. The average Bonchev–Trinajstić information content (AvgIpc) is 2.88. The maximum Gasteiger partial charge on any atom is 0.299 e. The monoisotopic (exact) mass is 339 g/mol. The minimum absolute atomic E-state index is 0.139. The zero-order valence-corrected chi connectivity index (χ0v) is 11.9. The Bertz CT molecular complexity index is 698. The molecule has 0 aliphatic carbocycles. The fourth-order valence-electron chi connectivity index (χ4n) is 2.02. The number of ketones is 1. The van der Waals surface area contributed by atoms with E-state index in [0.29, 0.717) is 12.2 Å². The van der Waals surface area contributed by atoms with Crippen LogP contribution < -0.4 is 4.90 Å². The molecule has 0 unspecified atom stereocenters. The Kier molecular flexibility index (Phi) is 2.99. The third kappa shape index (κ3) is 2.11. The number of carbonyl (C=O) groups excluding carboxylic acids is 2. The van der Waals surface area contributed by atoms with Gasteiger partial charge in [-0.15, -0.1) is 11.3 Å². The summed E-state index contributed by atoms with van der Waals surface area (Å²) in [5, 5.41) is 1.91. The fourth-order valence-corrected chi connectivity index (χ4v) is 3.46. The molecule has 1 aliphatic heterocycles. The Balaban J connectivity index is 1.99. The lowest BCUT2D eigenvalue weighted by Gasteiger charge is -2.15. The van der Waals surface area contributed by atoms with Crippen molar-refractivity contribution in [3.8, 4) is 0 Å². The molecule has 0 saturated carbocycles. The number of Topliss-reactive ketones (excluding diaryl/α,β-unsaturated/α-hetero) is 1. The van der Waals surface area contributed by atoms with Crippen LogP contribution in [0.2, 0.25) is 0 Å². The summed E-state index contributed by atoms with van der Waals surface area (Å²) in [6.45, 7) is 0.319. The first kappa shape index (κ1) is 12.5. The first-order valence-electron chi connectivity index (χ1n) is 5.45. The van der Waals surface area contributed by atoms with Crippen LogP contribution in [0.3, 0.4) is 0 Å². The summed E-state index contributed by atoms with van der Waals surface area (Å²) in [5.41, 5.74) is 0.613. The van der Waals surface area contributed by atoms with E-state index in [0.717, 1.165) is 15.4 Å². The Morgan fingerprint density at radius 3 is 2.74 bits per heavy atom. The van der Waals surface area contributed by atoms with E-state index in [-0.39, 0.29) is 5.56 Å². The second-order valence-corrected chi connectivity index (χ2v) is 6.02. The molecule has 0 fully saturated rings. The third-order valence-electron chi connectivity index (χ3n) is 2.87. The summed E-state index contributed by atoms with van der Waals surface area (Å²) >= 11 is 4.83. The molecule has 6 heteroatoms. The van der Waals surface area contributed by atoms with Gasteiger partial charge >= 0.3 is 0 Å². The van der Waals surface area contributed by atoms with Crippen LogP contribution in [-0.4, -0.2) is 11.7 Å². The second kappa shape index (κ2) is 4.54. The topological polar surface area (TPSA) is 37.4 Å². The van der Waals surface area contributed by atoms with E-state index >= 15 is 0 Å². The summed E-state index contributed by atoms with van der Waals surface area (Å²) in [6, 6.07) is 5.72. The Labute approximate surface area is 120 Å². The highest BCUT2D eigenvalue weighted by molar-refractivity contribution is 9.10. The SMILES string of the molecule is O=C1C(=O)N(Cc2cc(Br)cs2)c2ccc(F)cc21. The fraction of sp³-hybridized carbons (Fsp3) is 0.0769. The van der Waals surface area contributed by atoms with Crippen LogP contribution in [0.15, 0.2) is 34.1 Å². The van der Waals surface area contributed by atoms with Gasteiger partial charge in [0.2, 0.25) is 0 Å². The lowest BCUT2D eigenvalue weighted by Crippen LogP contribution is -2.28. The molecule has 0 spiro atoms. The van der Waals surface area contributed by atoms with Crippen LogP contribution in [-0.2, 0) is 11.3 Å². The van der Waals surface area contributed by atoms with E-state index in [4.69, 9.17) is 0 Å². The van der Waals surface area contributed by atoms with Crippen molar-refractivity contribution in [3.63, 3.8) is 0 Å². The van der Waals surface area contributed by atoms with Crippen molar-refractivity contribution in [1.82, 2.24) is 0 Å². The molecule has 2 aromatic rings. The number of halogens is 2. The van der Waals surface area contributed by atoms with Gasteiger partial charge in [-0.2, -0.15) is 0 Å². The molecule has 0 atom stereocenters.